The molecule has 2 heterocycles. The lowest BCUT2D eigenvalue weighted by atomic mass is 10.1. The van der Waals surface area contributed by atoms with Gasteiger partial charge in [0.2, 0.25) is 0 Å². The van der Waals surface area contributed by atoms with E-state index in [1.54, 1.807) is 29.7 Å². The summed E-state index contributed by atoms with van der Waals surface area (Å²) >= 11 is 0. The highest BCUT2D eigenvalue weighted by molar-refractivity contribution is 5.97. The van der Waals surface area contributed by atoms with Crippen LogP contribution in [0, 0.1) is 11.6 Å². The molecule has 1 amide bonds. The van der Waals surface area contributed by atoms with E-state index in [-0.39, 0.29) is 11.5 Å². The number of nitrogens with one attached hydrogen (secondary N) is 1. The summed E-state index contributed by atoms with van der Waals surface area (Å²) in [4.78, 5) is 30.3. The first-order chi connectivity index (χ1) is 14.4. The average Bonchev–Trinajstić information content (AvgIpc) is 2.71. The van der Waals surface area contributed by atoms with Gasteiger partial charge in [-0.15, -0.1) is 0 Å². The van der Waals surface area contributed by atoms with E-state index in [1.807, 2.05) is 0 Å². The van der Waals surface area contributed by atoms with Crippen molar-refractivity contribution in [3.63, 3.8) is 0 Å². The van der Waals surface area contributed by atoms with E-state index in [4.69, 9.17) is 0 Å². The zero-order valence-corrected chi connectivity index (χ0v) is 16.8. The van der Waals surface area contributed by atoms with Crippen LogP contribution in [0.15, 0.2) is 41.2 Å². The Morgan fingerprint density at radius 2 is 1.87 bits per heavy atom. The fourth-order valence-electron chi connectivity index (χ4n) is 3.88. The summed E-state index contributed by atoms with van der Waals surface area (Å²) in [5, 5.41) is 3.27. The van der Waals surface area contributed by atoms with Gasteiger partial charge in [0, 0.05) is 18.5 Å². The number of carbonyl (C=O) groups excluding carboxylic acids is 1. The number of amides is 1. The largest absolute Gasteiger partial charge is 0.346 e. The van der Waals surface area contributed by atoms with E-state index in [0.717, 1.165) is 50.1 Å². The van der Waals surface area contributed by atoms with Crippen LogP contribution in [0.3, 0.4) is 0 Å². The minimum absolute atomic E-state index is 0.0704. The number of halogens is 2. The molecule has 30 heavy (non-hydrogen) atoms. The monoisotopic (exact) mass is 411 g/mol. The van der Waals surface area contributed by atoms with Crippen molar-refractivity contribution < 1.29 is 13.6 Å². The van der Waals surface area contributed by atoms with Crippen LogP contribution in [0.25, 0.3) is 10.9 Å². The molecule has 0 bridgehead atoms. The second-order valence-electron chi connectivity index (χ2n) is 7.75. The van der Waals surface area contributed by atoms with Crippen molar-refractivity contribution in [2.75, 3.05) is 0 Å². The average molecular weight is 411 g/mol. The minimum Gasteiger partial charge on any atom is -0.346 e. The maximum Gasteiger partial charge on any atom is 0.261 e. The summed E-state index contributed by atoms with van der Waals surface area (Å²) in [5.41, 5.74) is 1.25. The Kier molecular flexibility index (Phi) is 5.61. The van der Waals surface area contributed by atoms with Crippen molar-refractivity contribution >= 4 is 16.8 Å². The van der Waals surface area contributed by atoms with Gasteiger partial charge in [0.25, 0.3) is 11.5 Å². The molecule has 1 aromatic heterocycles. The molecule has 4 rings (SSSR count). The third-order valence-corrected chi connectivity index (χ3v) is 5.62. The fourth-order valence-corrected chi connectivity index (χ4v) is 3.88. The Bertz CT molecular complexity index is 1170. The summed E-state index contributed by atoms with van der Waals surface area (Å²) in [6.45, 7) is 2.37. The first kappa shape index (κ1) is 20.2. The van der Waals surface area contributed by atoms with E-state index < -0.39 is 17.7 Å². The maximum atomic E-state index is 13.5. The van der Waals surface area contributed by atoms with Crippen LogP contribution in [0.1, 0.15) is 60.4 Å². The van der Waals surface area contributed by atoms with E-state index >= 15 is 0 Å². The molecular weight excluding hydrogens is 388 g/mol. The zero-order chi connectivity index (χ0) is 21.3. The predicted molar refractivity (Wildman–Crippen MR) is 110 cm³/mol. The lowest BCUT2D eigenvalue weighted by Gasteiger charge is -2.17. The molecule has 7 heteroatoms. The third kappa shape index (κ3) is 3.97. The van der Waals surface area contributed by atoms with Crippen molar-refractivity contribution in [2.45, 2.75) is 51.6 Å². The van der Waals surface area contributed by atoms with Crippen LogP contribution >= 0.6 is 0 Å². The molecule has 0 unspecified atom stereocenters. The van der Waals surface area contributed by atoms with Gasteiger partial charge in [0.1, 0.15) is 5.82 Å². The molecule has 1 aliphatic rings. The summed E-state index contributed by atoms with van der Waals surface area (Å²) in [5.74, 6) is -1.50. The molecule has 156 valence electrons. The molecule has 2 aromatic carbocycles. The highest BCUT2D eigenvalue weighted by atomic mass is 19.2. The Morgan fingerprint density at radius 1 is 1.07 bits per heavy atom. The van der Waals surface area contributed by atoms with Crippen LogP contribution in [-0.2, 0) is 13.0 Å². The summed E-state index contributed by atoms with van der Waals surface area (Å²) in [6.07, 6.45) is 4.93. The number of benzene rings is 2. The Labute approximate surface area is 172 Å². The summed E-state index contributed by atoms with van der Waals surface area (Å²) in [6, 6.07) is 7.86. The van der Waals surface area contributed by atoms with Crippen molar-refractivity contribution in [2.24, 2.45) is 0 Å². The van der Waals surface area contributed by atoms with Crippen molar-refractivity contribution in [3.05, 3.63) is 75.3 Å². The van der Waals surface area contributed by atoms with Gasteiger partial charge in [-0.3, -0.25) is 14.2 Å². The molecule has 1 N–H and O–H groups in total. The summed E-state index contributed by atoms with van der Waals surface area (Å²) < 4.78 is 28.4. The number of hydrogen-bond acceptors (Lipinski definition) is 3. The van der Waals surface area contributed by atoms with Gasteiger partial charge in [0.05, 0.1) is 16.9 Å². The van der Waals surface area contributed by atoms with Crippen LogP contribution < -0.4 is 10.9 Å². The van der Waals surface area contributed by atoms with E-state index in [2.05, 4.69) is 10.3 Å². The van der Waals surface area contributed by atoms with Gasteiger partial charge in [-0.1, -0.05) is 18.9 Å². The number of aromatic nitrogens is 2. The quantitative estimate of drug-likeness (QED) is 0.700. The van der Waals surface area contributed by atoms with Crippen molar-refractivity contribution in [3.8, 4) is 0 Å². The topological polar surface area (TPSA) is 64.0 Å². The highest BCUT2D eigenvalue weighted by Gasteiger charge is 2.17. The van der Waals surface area contributed by atoms with Crippen LogP contribution in [0.2, 0.25) is 0 Å². The Hall–Kier alpha value is -3.09. The zero-order valence-electron chi connectivity index (χ0n) is 16.8. The molecule has 1 atom stereocenters. The van der Waals surface area contributed by atoms with Crippen LogP contribution in [-0.4, -0.2) is 15.5 Å². The Morgan fingerprint density at radius 3 is 2.67 bits per heavy atom. The molecule has 1 aliphatic heterocycles. The van der Waals surface area contributed by atoms with Gasteiger partial charge >= 0.3 is 0 Å². The molecule has 0 fully saturated rings. The number of aryl methyl sites for hydroxylation is 1. The lowest BCUT2D eigenvalue weighted by molar-refractivity contribution is 0.0940. The highest BCUT2D eigenvalue weighted by Crippen LogP contribution is 2.19. The number of nitrogens with zero attached hydrogens (tertiary/aromatic N) is 2. The summed E-state index contributed by atoms with van der Waals surface area (Å²) in [7, 11) is 0. The lowest BCUT2D eigenvalue weighted by Crippen LogP contribution is -2.28. The van der Waals surface area contributed by atoms with E-state index in [9.17, 15) is 18.4 Å². The third-order valence-electron chi connectivity index (χ3n) is 5.62. The van der Waals surface area contributed by atoms with Crippen LogP contribution in [0.4, 0.5) is 8.78 Å². The standard InChI is InChI=1S/C23H23F2N3O2/c1-14(15-8-10-18(24)19(25)12-15)26-22(29)16-7-9-17-20(13-16)27-21-6-4-2-3-5-11-28(21)23(17)30/h7-10,12-14H,2-6,11H2,1H3,(H,26,29)/t14-/m1/s1. The number of hydrogen-bond donors (Lipinski definition) is 1. The number of fused-ring (bicyclic) bond motifs is 2. The van der Waals surface area contributed by atoms with E-state index in [0.29, 0.717) is 28.6 Å². The molecule has 5 nitrogen and oxygen atoms in total. The molecule has 0 aliphatic carbocycles. The first-order valence-corrected chi connectivity index (χ1v) is 10.2. The fraction of sp³-hybridized carbons (Fsp3) is 0.348. The van der Waals surface area contributed by atoms with Crippen molar-refractivity contribution in [1.82, 2.24) is 14.9 Å². The minimum atomic E-state index is -0.958. The molecule has 0 saturated heterocycles. The van der Waals surface area contributed by atoms with Gasteiger partial charge in [-0.25, -0.2) is 13.8 Å². The SMILES string of the molecule is C[C@@H](NC(=O)c1ccc2c(=O)n3c(nc2c1)CCCCCC3)c1ccc(F)c(F)c1. The smallest absolute Gasteiger partial charge is 0.261 e. The second-order valence-corrected chi connectivity index (χ2v) is 7.75. The predicted octanol–water partition coefficient (Wildman–Crippen LogP) is 4.28. The second kappa shape index (κ2) is 8.34. The Balaban J connectivity index is 1.62. The van der Waals surface area contributed by atoms with Crippen molar-refractivity contribution in [1.29, 1.82) is 0 Å². The number of carbonyl (C=O) groups is 1. The van der Waals surface area contributed by atoms with Gasteiger partial charge in [0.15, 0.2) is 11.6 Å². The van der Waals surface area contributed by atoms with Gasteiger partial charge in [-0.2, -0.15) is 0 Å². The number of rotatable bonds is 3. The molecule has 0 radical (unpaired) electrons. The molecule has 3 aromatic rings. The normalized spacial score (nSPS) is 15.2. The van der Waals surface area contributed by atoms with E-state index in [1.165, 1.54) is 6.07 Å². The van der Waals surface area contributed by atoms with Crippen LogP contribution in [0.5, 0.6) is 0 Å². The first-order valence-electron chi connectivity index (χ1n) is 10.2. The van der Waals surface area contributed by atoms with Gasteiger partial charge in [-0.05, 0) is 55.7 Å². The van der Waals surface area contributed by atoms with Gasteiger partial charge < -0.3 is 5.32 Å². The molecule has 0 saturated carbocycles. The maximum absolute atomic E-state index is 13.5. The molecular formula is C23H23F2N3O2. The molecule has 0 spiro atoms.